The van der Waals surface area contributed by atoms with Crippen molar-refractivity contribution in [2.45, 2.75) is 89.8 Å². The molecule has 1 aliphatic carbocycles. The van der Waals surface area contributed by atoms with Gasteiger partial charge in [-0.25, -0.2) is 9.69 Å². The van der Waals surface area contributed by atoms with Gasteiger partial charge in [-0.15, -0.1) is 0 Å². The molecule has 3 heterocycles. The van der Waals surface area contributed by atoms with Gasteiger partial charge in [-0.05, 0) is 66.2 Å². The highest BCUT2D eigenvalue weighted by Crippen LogP contribution is 2.39. The molecule has 3 aliphatic heterocycles. The van der Waals surface area contributed by atoms with Gasteiger partial charge < -0.3 is 18.9 Å². The van der Waals surface area contributed by atoms with Gasteiger partial charge in [-0.1, -0.05) is 0 Å². The molecule has 35 heavy (non-hydrogen) atoms. The van der Waals surface area contributed by atoms with Crippen molar-refractivity contribution < 1.29 is 28.5 Å². The van der Waals surface area contributed by atoms with Crippen LogP contribution in [0.2, 0.25) is 0 Å². The predicted molar refractivity (Wildman–Crippen MR) is 131 cm³/mol. The van der Waals surface area contributed by atoms with Crippen molar-refractivity contribution in [2.24, 2.45) is 5.92 Å². The van der Waals surface area contributed by atoms with Crippen LogP contribution in [0.25, 0.3) is 0 Å². The Balaban J connectivity index is 1.52. The molecule has 4 rings (SSSR count). The second-order valence-corrected chi connectivity index (χ2v) is 11.4. The van der Waals surface area contributed by atoms with E-state index < -0.39 is 11.4 Å². The normalized spacial score (nSPS) is 29.4. The van der Waals surface area contributed by atoms with Crippen molar-refractivity contribution in [1.82, 2.24) is 14.7 Å². The van der Waals surface area contributed by atoms with Crippen molar-refractivity contribution in [1.29, 1.82) is 0 Å². The number of rotatable bonds is 8. The molecule has 0 aromatic heterocycles. The lowest BCUT2D eigenvalue weighted by atomic mass is 9.87. The average Bonchev–Trinajstić information content (AvgIpc) is 3.33. The highest BCUT2D eigenvalue weighted by Gasteiger charge is 2.59. The van der Waals surface area contributed by atoms with Crippen LogP contribution in [0.1, 0.15) is 66.2 Å². The molecule has 9 heteroatoms. The molecule has 1 unspecified atom stereocenters. The van der Waals surface area contributed by atoms with Gasteiger partial charge in [0, 0.05) is 45.3 Å². The lowest BCUT2D eigenvalue weighted by Gasteiger charge is -2.56. The van der Waals surface area contributed by atoms with E-state index in [1.54, 1.807) is 0 Å². The van der Waals surface area contributed by atoms with Crippen LogP contribution in [0, 0.1) is 5.92 Å². The molecule has 1 saturated carbocycles. The SMILES string of the molecule is CCOC(=O)C1CCC(OC(C(=O)OC(C)(C)C)(N2CCCC2)N2CC(N3CCOCC3)C2)CC1. The van der Waals surface area contributed by atoms with Crippen molar-refractivity contribution >= 4 is 11.9 Å². The van der Waals surface area contributed by atoms with Crippen LogP contribution in [-0.2, 0) is 28.5 Å². The van der Waals surface area contributed by atoms with E-state index in [9.17, 15) is 9.59 Å². The van der Waals surface area contributed by atoms with Gasteiger partial charge in [-0.2, -0.15) is 0 Å². The topological polar surface area (TPSA) is 80.8 Å². The number of likely N-dealkylation sites (tertiary alicyclic amines) is 2. The molecule has 200 valence electrons. The standard InChI is InChI=1S/C26H45N3O6/c1-5-33-23(30)20-8-10-22(11-9-20)34-26(28-12-6-7-13-28,24(31)35-25(2,3)4)29-18-21(19-29)27-14-16-32-17-15-27/h20-22H,5-19H2,1-4H3. The Kier molecular flexibility index (Phi) is 8.74. The summed E-state index contributed by atoms with van der Waals surface area (Å²) >= 11 is 0. The number of carbonyl (C=O) groups excluding carboxylic acids is 2. The molecule has 0 N–H and O–H groups in total. The first kappa shape index (κ1) is 26.8. The number of morpholine rings is 1. The van der Waals surface area contributed by atoms with Crippen LogP contribution >= 0.6 is 0 Å². The quantitative estimate of drug-likeness (QED) is 0.471. The minimum Gasteiger partial charge on any atom is -0.466 e. The summed E-state index contributed by atoms with van der Waals surface area (Å²) in [5.41, 5.74) is -0.610. The van der Waals surface area contributed by atoms with E-state index in [4.69, 9.17) is 18.9 Å². The van der Waals surface area contributed by atoms with Gasteiger partial charge in [0.25, 0.3) is 5.85 Å². The van der Waals surface area contributed by atoms with E-state index in [1.807, 2.05) is 27.7 Å². The zero-order valence-corrected chi connectivity index (χ0v) is 22.1. The Morgan fingerprint density at radius 3 is 2.11 bits per heavy atom. The van der Waals surface area contributed by atoms with Crippen LogP contribution < -0.4 is 0 Å². The van der Waals surface area contributed by atoms with Gasteiger partial charge in [0.15, 0.2) is 0 Å². The van der Waals surface area contributed by atoms with Crippen LogP contribution in [0.15, 0.2) is 0 Å². The van der Waals surface area contributed by atoms with E-state index in [-0.39, 0.29) is 24.0 Å². The molecule has 0 aromatic rings. The Morgan fingerprint density at radius 1 is 0.914 bits per heavy atom. The van der Waals surface area contributed by atoms with Crippen molar-refractivity contribution in [3.8, 4) is 0 Å². The number of hydrogen-bond acceptors (Lipinski definition) is 9. The summed E-state index contributed by atoms with van der Waals surface area (Å²) < 4.78 is 23.7. The molecule has 0 aromatic carbocycles. The monoisotopic (exact) mass is 495 g/mol. The van der Waals surface area contributed by atoms with Gasteiger partial charge in [0.2, 0.25) is 0 Å². The van der Waals surface area contributed by atoms with Crippen LogP contribution in [0.5, 0.6) is 0 Å². The summed E-state index contributed by atoms with van der Waals surface area (Å²) in [6, 6.07) is 0.395. The molecule has 0 bridgehead atoms. The van der Waals surface area contributed by atoms with Crippen molar-refractivity contribution in [3.63, 3.8) is 0 Å². The number of esters is 2. The molecule has 9 nitrogen and oxygen atoms in total. The number of hydrogen-bond donors (Lipinski definition) is 0. The zero-order chi connectivity index (χ0) is 25.1. The third-order valence-electron chi connectivity index (χ3n) is 7.68. The molecule has 0 amide bonds. The fraction of sp³-hybridized carbons (Fsp3) is 0.923. The summed E-state index contributed by atoms with van der Waals surface area (Å²) in [6.07, 6.45) is 4.92. The first-order valence-electron chi connectivity index (χ1n) is 13.6. The second-order valence-electron chi connectivity index (χ2n) is 11.4. The van der Waals surface area contributed by atoms with Gasteiger partial charge in [0.1, 0.15) is 5.60 Å². The molecule has 3 saturated heterocycles. The highest BCUT2D eigenvalue weighted by atomic mass is 16.6. The molecule has 4 aliphatic rings. The Bertz CT molecular complexity index is 717. The van der Waals surface area contributed by atoms with Gasteiger partial charge >= 0.3 is 11.9 Å². The van der Waals surface area contributed by atoms with E-state index in [0.717, 1.165) is 91.0 Å². The Labute approximate surface area is 210 Å². The third kappa shape index (κ3) is 6.18. The summed E-state index contributed by atoms with van der Waals surface area (Å²) in [5.74, 6) is -1.71. The smallest absolute Gasteiger partial charge is 0.371 e. The minimum absolute atomic E-state index is 0.0766. The lowest BCUT2D eigenvalue weighted by Crippen LogP contribution is -2.76. The fourth-order valence-corrected chi connectivity index (χ4v) is 5.81. The van der Waals surface area contributed by atoms with E-state index in [1.165, 1.54) is 0 Å². The largest absolute Gasteiger partial charge is 0.466 e. The third-order valence-corrected chi connectivity index (χ3v) is 7.68. The van der Waals surface area contributed by atoms with Gasteiger partial charge in [-0.3, -0.25) is 14.6 Å². The van der Waals surface area contributed by atoms with Crippen molar-refractivity contribution in [3.05, 3.63) is 0 Å². The van der Waals surface area contributed by atoms with Crippen LogP contribution in [0.3, 0.4) is 0 Å². The first-order chi connectivity index (χ1) is 16.7. The molecular formula is C26H45N3O6. The van der Waals surface area contributed by atoms with E-state index >= 15 is 0 Å². The average molecular weight is 496 g/mol. The first-order valence-corrected chi connectivity index (χ1v) is 13.6. The summed E-state index contributed by atoms with van der Waals surface area (Å²) in [4.78, 5) is 33.1. The highest BCUT2D eigenvalue weighted by molar-refractivity contribution is 5.79. The number of carbonyl (C=O) groups is 2. The zero-order valence-electron chi connectivity index (χ0n) is 22.1. The Morgan fingerprint density at radius 2 is 1.54 bits per heavy atom. The molecule has 0 spiro atoms. The Hall–Kier alpha value is -1.26. The van der Waals surface area contributed by atoms with Gasteiger partial charge in [0.05, 0.1) is 31.8 Å². The lowest BCUT2D eigenvalue weighted by molar-refractivity contribution is -0.295. The molecule has 1 atom stereocenters. The van der Waals surface area contributed by atoms with Crippen molar-refractivity contribution in [2.75, 3.05) is 59.1 Å². The molecule has 0 radical (unpaired) electrons. The minimum atomic E-state index is -1.21. The maximum atomic E-state index is 14.0. The maximum Gasteiger partial charge on any atom is 0.371 e. The number of ether oxygens (including phenoxy) is 4. The van der Waals surface area contributed by atoms with E-state index in [0.29, 0.717) is 12.6 Å². The van der Waals surface area contributed by atoms with E-state index in [2.05, 4.69) is 14.7 Å². The fourth-order valence-electron chi connectivity index (χ4n) is 5.81. The molecule has 4 fully saturated rings. The van der Waals surface area contributed by atoms with Crippen LogP contribution in [0.4, 0.5) is 0 Å². The summed E-state index contributed by atoms with van der Waals surface area (Å²) in [6.45, 7) is 14.6. The maximum absolute atomic E-state index is 14.0. The number of nitrogens with zero attached hydrogens (tertiary/aromatic N) is 3. The second kappa shape index (κ2) is 11.4. The summed E-state index contributed by atoms with van der Waals surface area (Å²) in [5, 5.41) is 0. The summed E-state index contributed by atoms with van der Waals surface area (Å²) in [7, 11) is 0. The molecular weight excluding hydrogens is 450 g/mol. The van der Waals surface area contributed by atoms with Crippen LogP contribution in [-0.4, -0.2) is 109 Å². The predicted octanol–water partition coefficient (Wildman–Crippen LogP) is 2.23.